The van der Waals surface area contributed by atoms with E-state index < -0.39 is 0 Å². The normalized spacial score (nSPS) is 34.6. The fraction of sp³-hybridized carbons (Fsp3) is 0.682. The molecule has 2 saturated heterocycles. The Bertz CT molecular complexity index is 561. The Morgan fingerprint density at radius 2 is 1.72 bits per heavy atom. The number of hydrogen-bond donors (Lipinski definition) is 2. The minimum Gasteiger partial charge on any atom is -0.353 e. The first-order chi connectivity index (χ1) is 12.3. The Balaban J connectivity index is 1.30. The third-order valence-corrected chi connectivity index (χ3v) is 6.64. The van der Waals surface area contributed by atoms with Gasteiger partial charge in [-0.2, -0.15) is 0 Å². The second-order valence-electron chi connectivity index (χ2n) is 8.59. The van der Waals surface area contributed by atoms with Crippen LogP contribution in [0.5, 0.6) is 0 Å². The quantitative estimate of drug-likeness (QED) is 0.855. The predicted molar refractivity (Wildman–Crippen MR) is 101 cm³/mol. The molecule has 0 spiro atoms. The molecule has 1 aromatic rings. The number of fused-ring (bicyclic) bond motifs is 2. The summed E-state index contributed by atoms with van der Waals surface area (Å²) >= 11 is 0. The third-order valence-electron chi connectivity index (χ3n) is 6.64. The van der Waals surface area contributed by atoms with Crippen molar-refractivity contribution in [1.82, 2.24) is 10.6 Å². The molecule has 0 radical (unpaired) electrons. The van der Waals surface area contributed by atoms with Crippen LogP contribution in [0.1, 0.15) is 63.4 Å². The molecule has 4 unspecified atom stereocenters. The summed E-state index contributed by atoms with van der Waals surface area (Å²) in [6.45, 7) is 0. The fourth-order valence-corrected chi connectivity index (χ4v) is 5.43. The van der Waals surface area contributed by atoms with Gasteiger partial charge in [0, 0.05) is 24.5 Å². The SMILES string of the molecule is O=C(CC1CC2CCC(C1)N2)NC1CCCCC1Cc1ccccc1. The van der Waals surface area contributed by atoms with Gasteiger partial charge in [0.1, 0.15) is 0 Å². The van der Waals surface area contributed by atoms with Gasteiger partial charge in [0.15, 0.2) is 0 Å². The van der Waals surface area contributed by atoms with Crippen LogP contribution in [0.15, 0.2) is 30.3 Å². The average Bonchev–Trinajstić information content (AvgIpc) is 2.96. The van der Waals surface area contributed by atoms with Crippen molar-refractivity contribution in [2.24, 2.45) is 11.8 Å². The van der Waals surface area contributed by atoms with E-state index in [0.717, 1.165) is 19.3 Å². The van der Waals surface area contributed by atoms with Crippen LogP contribution in [0.25, 0.3) is 0 Å². The van der Waals surface area contributed by atoms with Gasteiger partial charge >= 0.3 is 0 Å². The summed E-state index contributed by atoms with van der Waals surface area (Å²) in [6.07, 6.45) is 11.8. The Morgan fingerprint density at radius 1 is 1.00 bits per heavy atom. The van der Waals surface area contributed by atoms with E-state index >= 15 is 0 Å². The first kappa shape index (κ1) is 17.1. The van der Waals surface area contributed by atoms with Gasteiger partial charge in [-0.05, 0) is 62.3 Å². The van der Waals surface area contributed by atoms with Gasteiger partial charge in [-0.3, -0.25) is 4.79 Å². The maximum absolute atomic E-state index is 12.7. The molecule has 1 amide bonds. The van der Waals surface area contributed by atoms with Crippen molar-refractivity contribution in [1.29, 1.82) is 0 Å². The van der Waals surface area contributed by atoms with Crippen molar-refractivity contribution in [3.8, 4) is 0 Å². The number of carbonyl (C=O) groups excluding carboxylic acids is 1. The summed E-state index contributed by atoms with van der Waals surface area (Å²) in [5.41, 5.74) is 1.41. The minimum absolute atomic E-state index is 0.302. The summed E-state index contributed by atoms with van der Waals surface area (Å²) < 4.78 is 0. The molecular formula is C22H32N2O. The number of nitrogens with one attached hydrogen (secondary N) is 2. The Kier molecular flexibility index (Phi) is 5.40. The molecule has 25 heavy (non-hydrogen) atoms. The van der Waals surface area contributed by atoms with E-state index in [4.69, 9.17) is 0 Å². The van der Waals surface area contributed by atoms with Crippen molar-refractivity contribution >= 4 is 5.91 Å². The van der Waals surface area contributed by atoms with Crippen molar-refractivity contribution in [3.05, 3.63) is 35.9 Å². The van der Waals surface area contributed by atoms with Crippen molar-refractivity contribution in [2.45, 2.75) is 82.3 Å². The third kappa shape index (κ3) is 4.44. The summed E-state index contributed by atoms with van der Waals surface area (Å²) in [5.74, 6) is 1.50. The van der Waals surface area contributed by atoms with Gasteiger partial charge < -0.3 is 10.6 Å². The highest BCUT2D eigenvalue weighted by atomic mass is 16.1. The molecule has 4 rings (SSSR count). The average molecular weight is 341 g/mol. The largest absolute Gasteiger partial charge is 0.353 e. The Morgan fingerprint density at radius 3 is 2.48 bits per heavy atom. The number of hydrogen-bond acceptors (Lipinski definition) is 2. The van der Waals surface area contributed by atoms with E-state index in [2.05, 4.69) is 41.0 Å². The molecule has 2 heterocycles. The van der Waals surface area contributed by atoms with E-state index in [1.807, 2.05) is 0 Å². The van der Waals surface area contributed by atoms with Crippen LogP contribution < -0.4 is 10.6 Å². The van der Waals surface area contributed by atoms with Crippen LogP contribution in [0.2, 0.25) is 0 Å². The lowest BCUT2D eigenvalue weighted by Crippen LogP contribution is -2.45. The molecule has 3 fully saturated rings. The molecule has 1 aromatic carbocycles. The van der Waals surface area contributed by atoms with Crippen LogP contribution in [-0.2, 0) is 11.2 Å². The number of amides is 1. The molecule has 3 heteroatoms. The van der Waals surface area contributed by atoms with E-state index in [1.165, 1.54) is 50.5 Å². The molecule has 3 aliphatic rings. The molecule has 136 valence electrons. The summed E-state index contributed by atoms with van der Waals surface area (Å²) in [4.78, 5) is 12.7. The van der Waals surface area contributed by atoms with E-state index in [1.54, 1.807) is 0 Å². The number of carbonyl (C=O) groups is 1. The van der Waals surface area contributed by atoms with Crippen LogP contribution in [0.3, 0.4) is 0 Å². The van der Waals surface area contributed by atoms with Gasteiger partial charge in [0.25, 0.3) is 0 Å². The molecular weight excluding hydrogens is 308 g/mol. The Labute approximate surface area is 152 Å². The van der Waals surface area contributed by atoms with E-state index in [-0.39, 0.29) is 0 Å². The topological polar surface area (TPSA) is 41.1 Å². The van der Waals surface area contributed by atoms with Crippen molar-refractivity contribution < 1.29 is 4.79 Å². The van der Waals surface area contributed by atoms with Gasteiger partial charge in [-0.25, -0.2) is 0 Å². The number of rotatable bonds is 5. The lowest BCUT2D eigenvalue weighted by atomic mass is 9.80. The van der Waals surface area contributed by atoms with Crippen LogP contribution >= 0.6 is 0 Å². The zero-order chi connectivity index (χ0) is 17.1. The molecule has 1 aliphatic carbocycles. The maximum atomic E-state index is 12.7. The zero-order valence-corrected chi connectivity index (χ0v) is 15.3. The smallest absolute Gasteiger partial charge is 0.220 e. The lowest BCUT2D eigenvalue weighted by Gasteiger charge is -2.34. The number of piperidine rings is 1. The van der Waals surface area contributed by atoms with Crippen LogP contribution in [0.4, 0.5) is 0 Å². The van der Waals surface area contributed by atoms with Gasteiger partial charge in [0.2, 0.25) is 5.91 Å². The molecule has 4 atom stereocenters. The second kappa shape index (κ2) is 7.90. The molecule has 3 nitrogen and oxygen atoms in total. The van der Waals surface area contributed by atoms with Crippen LogP contribution in [0, 0.1) is 11.8 Å². The molecule has 2 aliphatic heterocycles. The first-order valence-electron chi connectivity index (χ1n) is 10.4. The van der Waals surface area contributed by atoms with Crippen LogP contribution in [-0.4, -0.2) is 24.0 Å². The Hall–Kier alpha value is -1.35. The molecule has 0 aromatic heterocycles. The summed E-state index contributed by atoms with van der Waals surface area (Å²) in [6, 6.07) is 12.5. The summed E-state index contributed by atoms with van der Waals surface area (Å²) in [7, 11) is 0. The summed E-state index contributed by atoms with van der Waals surface area (Å²) in [5, 5.41) is 7.10. The zero-order valence-electron chi connectivity index (χ0n) is 15.3. The van der Waals surface area contributed by atoms with Gasteiger partial charge in [0.05, 0.1) is 0 Å². The highest BCUT2D eigenvalue weighted by Crippen LogP contribution is 2.33. The van der Waals surface area contributed by atoms with Crippen molar-refractivity contribution in [3.63, 3.8) is 0 Å². The van der Waals surface area contributed by atoms with E-state index in [9.17, 15) is 4.79 Å². The van der Waals surface area contributed by atoms with Crippen molar-refractivity contribution in [2.75, 3.05) is 0 Å². The van der Waals surface area contributed by atoms with Gasteiger partial charge in [-0.1, -0.05) is 43.2 Å². The predicted octanol–water partition coefficient (Wildman–Crippen LogP) is 3.82. The highest BCUT2D eigenvalue weighted by Gasteiger charge is 2.35. The minimum atomic E-state index is 0.302. The van der Waals surface area contributed by atoms with Gasteiger partial charge in [-0.15, -0.1) is 0 Å². The molecule has 2 bridgehead atoms. The lowest BCUT2D eigenvalue weighted by molar-refractivity contribution is -0.123. The first-order valence-corrected chi connectivity index (χ1v) is 10.4. The standard InChI is InChI=1S/C22H32N2O/c25-22(15-17-13-19-10-11-20(14-17)23-19)24-21-9-5-4-8-18(21)12-16-6-2-1-3-7-16/h1-3,6-7,17-21,23H,4-5,8-15H2,(H,24,25). The maximum Gasteiger partial charge on any atom is 0.220 e. The molecule has 2 N–H and O–H groups in total. The van der Waals surface area contributed by atoms with E-state index in [0.29, 0.717) is 35.9 Å². The highest BCUT2D eigenvalue weighted by molar-refractivity contribution is 5.76. The monoisotopic (exact) mass is 340 g/mol. The fourth-order valence-electron chi connectivity index (χ4n) is 5.43. The molecule has 1 saturated carbocycles. The second-order valence-corrected chi connectivity index (χ2v) is 8.59. The number of benzene rings is 1.